The normalized spacial score (nSPS) is 21.8. The molecule has 5 rings (SSSR count). The molecule has 0 unspecified atom stereocenters. The third-order valence-electron chi connectivity index (χ3n) is 5.85. The number of fused-ring (bicyclic) bond motifs is 2. The van der Waals surface area contributed by atoms with Crippen LogP contribution in [0.5, 0.6) is 0 Å². The number of aryl methyl sites for hydroxylation is 1. The zero-order chi connectivity index (χ0) is 19.6. The second-order valence-electron chi connectivity index (χ2n) is 7.52. The van der Waals surface area contributed by atoms with Crippen molar-refractivity contribution in [2.24, 2.45) is 0 Å². The summed E-state index contributed by atoms with van der Waals surface area (Å²) in [6.45, 7) is 1.97. The first kappa shape index (κ1) is 17.5. The molecule has 0 spiro atoms. The van der Waals surface area contributed by atoms with Crippen molar-refractivity contribution < 1.29 is 17.9 Å². The average Bonchev–Trinajstić information content (AvgIpc) is 3.06. The Morgan fingerprint density at radius 2 is 1.86 bits per heavy atom. The van der Waals surface area contributed by atoms with Gasteiger partial charge in [0.2, 0.25) is 5.91 Å². The maximum absolute atomic E-state index is 13.3. The van der Waals surface area contributed by atoms with E-state index in [4.69, 9.17) is 4.74 Å². The predicted molar refractivity (Wildman–Crippen MR) is 105 cm³/mol. The summed E-state index contributed by atoms with van der Waals surface area (Å²) >= 11 is 0. The largest absolute Gasteiger partial charge is 0.362 e. The first-order valence-electron chi connectivity index (χ1n) is 9.20. The first-order valence-corrected chi connectivity index (χ1v) is 10.6. The van der Waals surface area contributed by atoms with Crippen molar-refractivity contribution in [2.75, 3.05) is 13.7 Å². The lowest BCUT2D eigenvalue weighted by Gasteiger charge is -2.41. The highest BCUT2D eigenvalue weighted by atomic mass is 32.2. The van der Waals surface area contributed by atoms with Crippen LogP contribution in [0.4, 0.5) is 0 Å². The minimum atomic E-state index is -3.72. The Balaban J connectivity index is 1.71. The van der Waals surface area contributed by atoms with Gasteiger partial charge in [0.1, 0.15) is 12.7 Å². The van der Waals surface area contributed by atoms with Crippen molar-refractivity contribution in [3.63, 3.8) is 0 Å². The average molecular weight is 396 g/mol. The highest BCUT2D eigenvalue weighted by Crippen LogP contribution is 2.42. The van der Waals surface area contributed by atoms with E-state index in [-0.39, 0.29) is 29.6 Å². The Bertz CT molecular complexity index is 1210. The Morgan fingerprint density at radius 3 is 2.61 bits per heavy atom. The lowest BCUT2D eigenvalue weighted by atomic mass is 9.85. The van der Waals surface area contributed by atoms with Gasteiger partial charge in [-0.25, -0.2) is 12.4 Å². The lowest BCUT2D eigenvalue weighted by molar-refractivity contribution is -0.155. The minimum absolute atomic E-state index is 0.0474. The Morgan fingerprint density at radius 1 is 1.11 bits per heavy atom. The van der Waals surface area contributed by atoms with Gasteiger partial charge in [-0.05, 0) is 42.7 Å². The van der Waals surface area contributed by atoms with Crippen molar-refractivity contribution in [3.05, 3.63) is 65.4 Å². The number of hydrogen-bond acceptors (Lipinski definition) is 4. The molecule has 2 atom stereocenters. The number of amides is 1. The second-order valence-corrected chi connectivity index (χ2v) is 9.33. The fraction of sp³-hybridized carbons (Fsp3) is 0.286. The quantitative estimate of drug-likeness (QED) is 0.668. The summed E-state index contributed by atoms with van der Waals surface area (Å²) in [5.74, 6) is -0.0522. The molecule has 0 bridgehead atoms. The summed E-state index contributed by atoms with van der Waals surface area (Å²) in [5.41, 5.74) is 3.52. The summed E-state index contributed by atoms with van der Waals surface area (Å²) in [6, 6.07) is 12.4. The van der Waals surface area contributed by atoms with Crippen LogP contribution in [0.25, 0.3) is 10.9 Å². The van der Waals surface area contributed by atoms with E-state index >= 15 is 0 Å². The molecule has 7 heteroatoms. The molecule has 0 saturated carbocycles. The van der Waals surface area contributed by atoms with Gasteiger partial charge in [-0.15, -0.1) is 0 Å². The van der Waals surface area contributed by atoms with Crippen LogP contribution in [0.2, 0.25) is 0 Å². The van der Waals surface area contributed by atoms with Gasteiger partial charge in [-0.2, -0.15) is 0 Å². The maximum Gasteiger partial charge on any atom is 0.268 e. The van der Waals surface area contributed by atoms with Crippen molar-refractivity contribution in [1.82, 2.24) is 8.87 Å². The topological polar surface area (TPSA) is 68.6 Å². The predicted octanol–water partition coefficient (Wildman–Crippen LogP) is 2.64. The van der Waals surface area contributed by atoms with Crippen molar-refractivity contribution in [3.8, 4) is 0 Å². The molecule has 6 nitrogen and oxygen atoms in total. The van der Waals surface area contributed by atoms with Gasteiger partial charge in [-0.1, -0.05) is 29.8 Å². The smallest absolute Gasteiger partial charge is 0.268 e. The van der Waals surface area contributed by atoms with E-state index in [1.54, 1.807) is 42.4 Å². The molecule has 2 aliphatic rings. The lowest BCUT2D eigenvalue weighted by Crippen LogP contribution is -2.50. The summed E-state index contributed by atoms with van der Waals surface area (Å²) in [7, 11) is -1.94. The van der Waals surface area contributed by atoms with Crippen molar-refractivity contribution in [1.29, 1.82) is 0 Å². The van der Waals surface area contributed by atoms with E-state index in [0.717, 1.165) is 22.1 Å². The SMILES string of the molecule is Cc1ccc(S(=O)(=O)n2cc3c4c(cccc42)[C@H]2OCC(=O)N(C)[C@@H]2C3)cc1. The number of ether oxygens (including phenoxy) is 1. The number of hydrogen-bond donors (Lipinski definition) is 0. The third-order valence-corrected chi connectivity index (χ3v) is 7.53. The van der Waals surface area contributed by atoms with E-state index in [1.807, 2.05) is 25.1 Å². The van der Waals surface area contributed by atoms with Crippen LogP contribution >= 0.6 is 0 Å². The zero-order valence-electron chi connectivity index (χ0n) is 15.6. The Kier molecular flexibility index (Phi) is 3.70. The second kappa shape index (κ2) is 5.93. The summed E-state index contributed by atoms with van der Waals surface area (Å²) in [5, 5.41) is 0.919. The highest BCUT2D eigenvalue weighted by molar-refractivity contribution is 7.90. The molecule has 2 aromatic carbocycles. The van der Waals surface area contributed by atoms with Gasteiger partial charge >= 0.3 is 0 Å². The van der Waals surface area contributed by atoms with Crippen LogP contribution in [-0.4, -0.2) is 42.9 Å². The fourth-order valence-corrected chi connectivity index (χ4v) is 5.69. The van der Waals surface area contributed by atoms with E-state index in [2.05, 4.69) is 0 Å². The molecule has 144 valence electrons. The molecule has 0 N–H and O–H groups in total. The van der Waals surface area contributed by atoms with Crippen molar-refractivity contribution in [2.45, 2.75) is 30.4 Å². The van der Waals surface area contributed by atoms with E-state index < -0.39 is 10.0 Å². The van der Waals surface area contributed by atoms with Gasteiger partial charge in [0.25, 0.3) is 10.0 Å². The summed E-state index contributed by atoms with van der Waals surface area (Å²) < 4.78 is 33.9. The number of likely N-dealkylation sites (N-methyl/N-ethyl adjacent to an activating group) is 1. The minimum Gasteiger partial charge on any atom is -0.362 e. The molecule has 3 aromatic rings. The molecular formula is C21H20N2O4S. The van der Waals surface area contributed by atoms with Crippen LogP contribution in [0, 0.1) is 6.92 Å². The monoisotopic (exact) mass is 396 g/mol. The van der Waals surface area contributed by atoms with Crippen LogP contribution in [0.3, 0.4) is 0 Å². The molecule has 1 fully saturated rings. The van der Waals surface area contributed by atoms with Crippen LogP contribution in [-0.2, 0) is 26.0 Å². The summed E-state index contributed by atoms with van der Waals surface area (Å²) in [4.78, 5) is 14.1. The molecule has 2 heterocycles. The Labute approximate surface area is 163 Å². The van der Waals surface area contributed by atoms with Crippen molar-refractivity contribution >= 4 is 26.8 Å². The van der Waals surface area contributed by atoms with E-state index in [0.29, 0.717) is 11.9 Å². The summed E-state index contributed by atoms with van der Waals surface area (Å²) in [6.07, 6.45) is 2.03. The van der Waals surface area contributed by atoms with Crippen LogP contribution in [0.15, 0.2) is 53.6 Å². The Hall–Kier alpha value is -2.64. The molecule has 28 heavy (non-hydrogen) atoms. The molecule has 1 aliphatic heterocycles. The number of morpholine rings is 1. The number of carbonyl (C=O) groups is 1. The zero-order valence-corrected chi connectivity index (χ0v) is 16.4. The molecule has 1 aromatic heterocycles. The number of carbonyl (C=O) groups excluding carboxylic acids is 1. The number of benzene rings is 2. The van der Waals surface area contributed by atoms with Gasteiger partial charge in [0.15, 0.2) is 0 Å². The van der Waals surface area contributed by atoms with Crippen LogP contribution < -0.4 is 0 Å². The number of aromatic nitrogens is 1. The van der Waals surface area contributed by atoms with Gasteiger partial charge in [0, 0.05) is 18.6 Å². The molecule has 1 amide bonds. The highest BCUT2D eigenvalue weighted by Gasteiger charge is 2.41. The van der Waals surface area contributed by atoms with Gasteiger partial charge < -0.3 is 9.64 Å². The molecule has 1 saturated heterocycles. The fourth-order valence-electron chi connectivity index (χ4n) is 4.31. The van der Waals surface area contributed by atoms with Crippen LogP contribution in [0.1, 0.15) is 22.8 Å². The maximum atomic E-state index is 13.3. The van der Waals surface area contributed by atoms with Gasteiger partial charge in [-0.3, -0.25) is 4.79 Å². The first-order chi connectivity index (χ1) is 13.4. The molecule has 0 radical (unpaired) electrons. The standard InChI is InChI=1S/C21H20N2O4S/c1-13-6-8-15(9-7-13)28(25,26)23-11-14-10-18-21(27-12-19(24)22(18)2)16-4-3-5-17(23)20(14)16/h3-9,11,18,21H,10,12H2,1-2H3/t18-,21-/m1/s1. The third kappa shape index (κ3) is 2.36. The van der Waals surface area contributed by atoms with E-state index in [9.17, 15) is 13.2 Å². The number of nitrogens with zero attached hydrogens (tertiary/aromatic N) is 2. The molecule has 1 aliphatic carbocycles. The van der Waals surface area contributed by atoms with E-state index in [1.165, 1.54) is 3.97 Å². The number of rotatable bonds is 2. The van der Waals surface area contributed by atoms with Gasteiger partial charge in [0.05, 0.1) is 16.5 Å². The molecular weight excluding hydrogens is 376 g/mol.